The van der Waals surface area contributed by atoms with E-state index in [2.05, 4.69) is 21.4 Å². The third-order valence-electron chi connectivity index (χ3n) is 2.61. The van der Waals surface area contributed by atoms with Crippen molar-refractivity contribution in [3.05, 3.63) is 40.8 Å². The molecule has 0 saturated carbocycles. The number of aromatic nitrogens is 2. The Morgan fingerprint density at radius 1 is 1.27 bits per heavy atom. The average Bonchev–Trinajstić information content (AvgIpc) is 2.48. The number of nitriles is 2. The molecule has 0 amide bonds. The molecule has 1 aromatic heterocycles. The van der Waals surface area contributed by atoms with Crippen LogP contribution in [0.5, 0.6) is 5.75 Å². The fourth-order valence-electron chi connectivity index (χ4n) is 1.71. The van der Waals surface area contributed by atoms with Gasteiger partial charge in [0.2, 0.25) is 5.28 Å². The number of anilines is 2. The molecule has 2 rings (SSSR count). The molecule has 22 heavy (non-hydrogen) atoms. The van der Waals surface area contributed by atoms with Gasteiger partial charge in [0.05, 0.1) is 29.6 Å². The van der Waals surface area contributed by atoms with Gasteiger partial charge >= 0.3 is 0 Å². The van der Waals surface area contributed by atoms with Crippen molar-refractivity contribution in [1.29, 1.82) is 10.5 Å². The summed E-state index contributed by atoms with van der Waals surface area (Å²) in [7, 11) is 0. The summed E-state index contributed by atoms with van der Waals surface area (Å²) in [5, 5.41) is 21.1. The summed E-state index contributed by atoms with van der Waals surface area (Å²) in [6, 6.07) is 9.00. The van der Waals surface area contributed by atoms with Crippen molar-refractivity contribution in [3.63, 3.8) is 0 Å². The summed E-state index contributed by atoms with van der Waals surface area (Å²) in [6.07, 6.45) is 1.27. The average molecular weight is 314 g/mol. The highest BCUT2D eigenvalue weighted by atomic mass is 35.5. The van der Waals surface area contributed by atoms with Gasteiger partial charge in [-0.25, -0.2) is 4.98 Å². The number of rotatable bonds is 4. The lowest BCUT2D eigenvalue weighted by atomic mass is 10.2. The molecule has 0 atom stereocenters. The van der Waals surface area contributed by atoms with E-state index in [0.29, 0.717) is 17.0 Å². The Morgan fingerprint density at radius 2 is 2.05 bits per heavy atom. The number of nitrogens with zero attached hydrogens (tertiary/aromatic N) is 4. The summed E-state index contributed by atoms with van der Waals surface area (Å²) in [5.41, 5.74) is 1.31. The lowest BCUT2D eigenvalue weighted by molar-refractivity contribution is 0.243. The Labute approximate surface area is 133 Å². The standard InChI is InChI=1S/C15H12ClN5O/c1-9(2)22-13-5-10(6-17)3-4-12(13)20-14-11(7-18)8-19-15(16)21-14/h3-5,8-9H,1-2H3,(H,19,20,21). The number of hydrogen-bond donors (Lipinski definition) is 1. The second-order valence-corrected chi connectivity index (χ2v) is 4.97. The normalized spacial score (nSPS) is 9.91. The zero-order valence-corrected chi connectivity index (χ0v) is 12.7. The molecule has 0 aliphatic heterocycles. The van der Waals surface area contributed by atoms with Crippen LogP contribution in [0.1, 0.15) is 25.0 Å². The molecule has 0 fully saturated rings. The van der Waals surface area contributed by atoms with Crippen LogP contribution in [0.2, 0.25) is 5.28 Å². The number of ether oxygens (including phenoxy) is 1. The van der Waals surface area contributed by atoms with Crippen LogP contribution >= 0.6 is 11.6 Å². The molecule has 0 aliphatic rings. The Bertz CT molecular complexity index is 776. The quantitative estimate of drug-likeness (QED) is 0.869. The molecule has 0 spiro atoms. The molecule has 0 unspecified atom stereocenters. The van der Waals surface area contributed by atoms with Crippen molar-refractivity contribution in [1.82, 2.24) is 9.97 Å². The summed E-state index contributed by atoms with van der Waals surface area (Å²) < 4.78 is 5.69. The van der Waals surface area contributed by atoms with Gasteiger partial charge < -0.3 is 10.1 Å². The van der Waals surface area contributed by atoms with E-state index in [1.54, 1.807) is 18.2 Å². The summed E-state index contributed by atoms with van der Waals surface area (Å²) >= 11 is 5.77. The smallest absolute Gasteiger partial charge is 0.224 e. The van der Waals surface area contributed by atoms with E-state index in [9.17, 15) is 0 Å². The molecule has 0 aliphatic carbocycles. The minimum atomic E-state index is -0.0704. The second-order valence-electron chi connectivity index (χ2n) is 4.63. The molecule has 110 valence electrons. The third-order valence-corrected chi connectivity index (χ3v) is 2.79. The Hall–Kier alpha value is -2.83. The van der Waals surface area contributed by atoms with Crippen molar-refractivity contribution in [3.8, 4) is 17.9 Å². The van der Waals surface area contributed by atoms with Crippen LogP contribution in [0.4, 0.5) is 11.5 Å². The molecular formula is C15H12ClN5O. The van der Waals surface area contributed by atoms with Gasteiger partial charge in [-0.3, -0.25) is 0 Å². The van der Waals surface area contributed by atoms with Gasteiger partial charge in [0.1, 0.15) is 17.4 Å². The van der Waals surface area contributed by atoms with Gasteiger partial charge in [-0.2, -0.15) is 15.5 Å². The minimum Gasteiger partial charge on any atom is -0.489 e. The van der Waals surface area contributed by atoms with Crippen LogP contribution in [-0.4, -0.2) is 16.1 Å². The maximum Gasteiger partial charge on any atom is 0.224 e. The predicted molar refractivity (Wildman–Crippen MR) is 82.0 cm³/mol. The predicted octanol–water partition coefficient (Wildman–Crippen LogP) is 3.40. The zero-order valence-electron chi connectivity index (χ0n) is 12.0. The molecule has 1 N–H and O–H groups in total. The van der Waals surface area contributed by atoms with E-state index in [4.69, 9.17) is 26.9 Å². The number of hydrogen-bond acceptors (Lipinski definition) is 6. The maximum absolute atomic E-state index is 9.10. The van der Waals surface area contributed by atoms with Crippen molar-refractivity contribution in [2.75, 3.05) is 5.32 Å². The SMILES string of the molecule is CC(C)Oc1cc(C#N)ccc1Nc1nc(Cl)ncc1C#N. The zero-order chi connectivity index (χ0) is 16.1. The van der Waals surface area contributed by atoms with Gasteiger partial charge in [-0.05, 0) is 37.6 Å². The van der Waals surface area contributed by atoms with Crippen LogP contribution in [0.25, 0.3) is 0 Å². The fraction of sp³-hybridized carbons (Fsp3) is 0.200. The highest BCUT2D eigenvalue weighted by Gasteiger charge is 2.12. The van der Waals surface area contributed by atoms with E-state index in [1.165, 1.54) is 6.20 Å². The number of halogens is 1. The lowest BCUT2D eigenvalue weighted by Gasteiger charge is -2.16. The Morgan fingerprint density at radius 3 is 2.68 bits per heavy atom. The van der Waals surface area contributed by atoms with Gasteiger partial charge in [-0.15, -0.1) is 0 Å². The minimum absolute atomic E-state index is 0.0291. The van der Waals surface area contributed by atoms with Gasteiger partial charge in [-0.1, -0.05) is 0 Å². The summed E-state index contributed by atoms with van der Waals surface area (Å²) in [4.78, 5) is 7.77. The highest BCUT2D eigenvalue weighted by Crippen LogP contribution is 2.30. The fourth-order valence-corrected chi connectivity index (χ4v) is 1.84. The molecule has 2 aromatic rings. The van der Waals surface area contributed by atoms with Crippen molar-refractivity contribution in [2.45, 2.75) is 20.0 Å². The van der Waals surface area contributed by atoms with Crippen LogP contribution in [0.3, 0.4) is 0 Å². The van der Waals surface area contributed by atoms with Crippen LogP contribution in [0, 0.1) is 22.7 Å². The van der Waals surface area contributed by atoms with Crippen LogP contribution in [-0.2, 0) is 0 Å². The van der Waals surface area contributed by atoms with E-state index in [1.807, 2.05) is 19.9 Å². The third kappa shape index (κ3) is 3.63. The van der Waals surface area contributed by atoms with Gasteiger partial charge in [0, 0.05) is 6.07 Å². The monoisotopic (exact) mass is 313 g/mol. The molecule has 7 heteroatoms. The Kier molecular flexibility index (Phi) is 4.77. The maximum atomic E-state index is 9.10. The molecule has 1 heterocycles. The molecule has 0 saturated heterocycles. The van der Waals surface area contributed by atoms with E-state index in [0.717, 1.165) is 0 Å². The van der Waals surface area contributed by atoms with E-state index in [-0.39, 0.29) is 22.8 Å². The first-order valence-electron chi connectivity index (χ1n) is 6.44. The first-order valence-corrected chi connectivity index (χ1v) is 6.81. The van der Waals surface area contributed by atoms with E-state index < -0.39 is 0 Å². The number of benzene rings is 1. The van der Waals surface area contributed by atoms with Crippen LogP contribution in [0.15, 0.2) is 24.4 Å². The number of nitrogens with one attached hydrogen (secondary N) is 1. The largest absolute Gasteiger partial charge is 0.489 e. The molecule has 0 bridgehead atoms. The summed E-state index contributed by atoms with van der Waals surface area (Å²) in [5.74, 6) is 0.772. The van der Waals surface area contributed by atoms with Crippen LogP contribution < -0.4 is 10.1 Å². The Balaban J connectivity index is 2.43. The van der Waals surface area contributed by atoms with Gasteiger partial charge in [0.25, 0.3) is 0 Å². The lowest BCUT2D eigenvalue weighted by Crippen LogP contribution is -2.08. The first kappa shape index (κ1) is 15.6. The molecule has 6 nitrogen and oxygen atoms in total. The molecule has 0 radical (unpaired) electrons. The summed E-state index contributed by atoms with van der Waals surface area (Å²) in [6.45, 7) is 3.76. The topological polar surface area (TPSA) is 94.6 Å². The first-order chi connectivity index (χ1) is 10.5. The second kappa shape index (κ2) is 6.75. The highest BCUT2D eigenvalue weighted by molar-refractivity contribution is 6.28. The van der Waals surface area contributed by atoms with Crippen molar-refractivity contribution >= 4 is 23.1 Å². The van der Waals surface area contributed by atoms with Gasteiger partial charge in [0.15, 0.2) is 5.82 Å². The van der Waals surface area contributed by atoms with Crippen molar-refractivity contribution < 1.29 is 4.74 Å². The van der Waals surface area contributed by atoms with Crippen molar-refractivity contribution in [2.24, 2.45) is 0 Å². The van der Waals surface area contributed by atoms with E-state index >= 15 is 0 Å². The molecular weight excluding hydrogens is 302 g/mol. The molecule has 1 aromatic carbocycles.